The second-order valence-corrected chi connectivity index (χ2v) is 7.44. The molecule has 0 aliphatic heterocycles. The van der Waals surface area contributed by atoms with Gasteiger partial charge in [-0.3, -0.25) is 4.79 Å². The maximum Gasteiger partial charge on any atom is 0.405 e. The van der Waals surface area contributed by atoms with Crippen LogP contribution >= 0.6 is 0 Å². The Morgan fingerprint density at radius 2 is 1.78 bits per heavy atom. The molecular weight excluding hydrogens is 389 g/mol. The highest BCUT2D eigenvalue weighted by Gasteiger charge is 2.28. The normalized spacial score (nSPS) is 12.1. The van der Waals surface area contributed by atoms with E-state index in [1.165, 1.54) is 16.4 Å². The first kappa shape index (κ1) is 22.9. The Morgan fingerprint density at radius 3 is 2.30 bits per heavy atom. The van der Waals surface area contributed by atoms with E-state index in [-0.39, 0.29) is 23.5 Å². The lowest BCUT2D eigenvalue weighted by Crippen LogP contribution is -2.36. The van der Waals surface area contributed by atoms with Gasteiger partial charge in [0.2, 0.25) is 10.0 Å². The Bertz CT molecular complexity index is 790. The van der Waals surface area contributed by atoms with Crippen LogP contribution in [0.4, 0.5) is 13.2 Å². The number of halogens is 3. The van der Waals surface area contributed by atoms with E-state index < -0.39 is 41.2 Å². The molecule has 1 N–H and O–H groups in total. The number of nitrogens with one attached hydrogen (secondary N) is 1. The summed E-state index contributed by atoms with van der Waals surface area (Å²) in [6.07, 6.45) is -4.58. The lowest BCUT2D eigenvalue weighted by molar-refractivity contribution is -0.140. The average Bonchev–Trinajstić information content (AvgIpc) is 2.58. The van der Waals surface area contributed by atoms with Gasteiger partial charge >= 0.3 is 12.1 Å². The van der Waals surface area contributed by atoms with Crippen LogP contribution < -0.4 is 5.32 Å². The predicted molar refractivity (Wildman–Crippen MR) is 90.6 cm³/mol. The van der Waals surface area contributed by atoms with E-state index in [2.05, 4.69) is 4.74 Å². The van der Waals surface area contributed by atoms with Crippen LogP contribution in [0.2, 0.25) is 0 Å². The quantitative estimate of drug-likeness (QED) is 0.661. The summed E-state index contributed by atoms with van der Waals surface area (Å²) in [5.74, 6) is -2.14. The second-order valence-electron chi connectivity index (χ2n) is 5.54. The summed E-state index contributed by atoms with van der Waals surface area (Å²) in [6.45, 7) is 2.94. The zero-order chi connectivity index (χ0) is 20.8. The van der Waals surface area contributed by atoms with E-state index in [1.807, 2.05) is 0 Å². The van der Waals surface area contributed by atoms with Crippen molar-refractivity contribution < 1.29 is 35.9 Å². The Kier molecular flexibility index (Phi) is 7.78. The van der Waals surface area contributed by atoms with E-state index in [9.17, 15) is 31.2 Å². The summed E-state index contributed by atoms with van der Waals surface area (Å²) in [4.78, 5) is 23.2. The molecule has 0 aromatic heterocycles. The number of hydrogen-bond donors (Lipinski definition) is 1. The van der Waals surface area contributed by atoms with Gasteiger partial charge in [-0.2, -0.15) is 17.5 Å². The molecule has 7 nitrogen and oxygen atoms in total. The molecule has 0 heterocycles. The van der Waals surface area contributed by atoms with Crippen molar-refractivity contribution in [2.75, 3.05) is 26.2 Å². The number of esters is 1. The van der Waals surface area contributed by atoms with Crippen molar-refractivity contribution in [3.63, 3.8) is 0 Å². The number of carbonyl (C=O) groups is 2. The molecule has 1 rings (SSSR count). The van der Waals surface area contributed by atoms with Gasteiger partial charge in [-0.15, -0.1) is 0 Å². The number of ether oxygens (including phenoxy) is 1. The zero-order valence-corrected chi connectivity index (χ0v) is 15.9. The van der Waals surface area contributed by atoms with Gasteiger partial charge in [-0.05, 0) is 24.6 Å². The van der Waals surface area contributed by atoms with Crippen LogP contribution in [0.1, 0.15) is 29.8 Å². The highest BCUT2D eigenvalue weighted by molar-refractivity contribution is 7.89. The van der Waals surface area contributed by atoms with Crippen LogP contribution in [-0.4, -0.2) is 57.0 Å². The molecule has 1 amide bonds. The van der Waals surface area contributed by atoms with Crippen molar-refractivity contribution in [1.82, 2.24) is 9.62 Å². The van der Waals surface area contributed by atoms with E-state index in [1.54, 1.807) is 26.1 Å². The molecule has 0 bridgehead atoms. The summed E-state index contributed by atoms with van der Waals surface area (Å²) in [5.41, 5.74) is 0.288. The molecule has 152 valence electrons. The number of hydrogen-bond acceptors (Lipinski definition) is 5. The number of alkyl halides is 3. The SMILES string of the molecule is CCN(CC)S(=O)(=O)c1cc(C(=O)OCC(=O)NCC(F)(F)F)ccc1C. The number of aryl methyl sites for hydroxylation is 1. The van der Waals surface area contributed by atoms with Gasteiger partial charge in [-0.25, -0.2) is 13.2 Å². The number of carbonyl (C=O) groups excluding carboxylic acids is 2. The molecule has 27 heavy (non-hydrogen) atoms. The summed E-state index contributed by atoms with van der Waals surface area (Å²) >= 11 is 0. The first-order chi connectivity index (χ1) is 12.4. The topological polar surface area (TPSA) is 92.8 Å². The molecule has 1 aromatic carbocycles. The predicted octanol–water partition coefficient (Wildman–Crippen LogP) is 1.86. The summed E-state index contributed by atoms with van der Waals surface area (Å²) in [6, 6.07) is 3.85. The first-order valence-electron chi connectivity index (χ1n) is 8.03. The van der Waals surface area contributed by atoms with Crippen LogP contribution in [0.3, 0.4) is 0 Å². The fraction of sp³-hybridized carbons (Fsp3) is 0.500. The lowest BCUT2D eigenvalue weighted by atomic mass is 10.1. The fourth-order valence-electron chi connectivity index (χ4n) is 2.17. The van der Waals surface area contributed by atoms with Crippen LogP contribution in [0.15, 0.2) is 23.1 Å². The summed E-state index contributed by atoms with van der Waals surface area (Å²) < 4.78 is 67.2. The van der Waals surface area contributed by atoms with E-state index in [0.29, 0.717) is 5.56 Å². The first-order valence-corrected chi connectivity index (χ1v) is 9.47. The number of nitrogens with zero attached hydrogens (tertiary/aromatic N) is 1. The highest BCUT2D eigenvalue weighted by atomic mass is 32.2. The highest BCUT2D eigenvalue weighted by Crippen LogP contribution is 2.21. The minimum atomic E-state index is -4.58. The van der Waals surface area contributed by atoms with E-state index >= 15 is 0 Å². The molecule has 0 atom stereocenters. The molecule has 0 saturated carbocycles. The largest absolute Gasteiger partial charge is 0.452 e. The lowest BCUT2D eigenvalue weighted by Gasteiger charge is -2.20. The Balaban J connectivity index is 2.90. The van der Waals surface area contributed by atoms with Gasteiger partial charge in [-0.1, -0.05) is 19.9 Å². The van der Waals surface area contributed by atoms with Gasteiger partial charge < -0.3 is 10.1 Å². The fourth-order valence-corrected chi connectivity index (χ4v) is 3.88. The van der Waals surface area contributed by atoms with Gasteiger partial charge in [0.1, 0.15) is 6.54 Å². The number of benzene rings is 1. The Labute approximate surface area is 155 Å². The molecular formula is C16H21F3N2O5S. The molecule has 11 heteroatoms. The number of rotatable bonds is 8. The van der Waals surface area contributed by atoms with Crippen molar-refractivity contribution >= 4 is 21.9 Å². The van der Waals surface area contributed by atoms with Crippen molar-refractivity contribution in [3.05, 3.63) is 29.3 Å². The van der Waals surface area contributed by atoms with E-state index in [4.69, 9.17) is 0 Å². The maximum absolute atomic E-state index is 12.6. The smallest absolute Gasteiger partial charge is 0.405 e. The maximum atomic E-state index is 12.6. The van der Waals surface area contributed by atoms with Crippen molar-refractivity contribution in [3.8, 4) is 0 Å². The molecule has 0 spiro atoms. The minimum Gasteiger partial charge on any atom is -0.452 e. The second kappa shape index (κ2) is 9.18. The molecule has 0 fully saturated rings. The van der Waals surface area contributed by atoms with Gasteiger partial charge in [0.15, 0.2) is 6.61 Å². The van der Waals surface area contributed by atoms with Crippen molar-refractivity contribution in [2.24, 2.45) is 0 Å². The molecule has 0 saturated heterocycles. The third kappa shape index (κ3) is 6.51. The molecule has 0 aliphatic rings. The van der Waals surface area contributed by atoms with Gasteiger partial charge in [0.25, 0.3) is 5.91 Å². The van der Waals surface area contributed by atoms with E-state index in [0.717, 1.165) is 6.07 Å². The number of sulfonamides is 1. The summed E-state index contributed by atoms with van der Waals surface area (Å²) in [7, 11) is -3.82. The monoisotopic (exact) mass is 410 g/mol. The van der Waals surface area contributed by atoms with Gasteiger partial charge in [0.05, 0.1) is 10.5 Å². The van der Waals surface area contributed by atoms with Crippen LogP contribution in [-0.2, 0) is 19.6 Å². The van der Waals surface area contributed by atoms with Crippen LogP contribution in [0.5, 0.6) is 0 Å². The minimum absolute atomic E-state index is 0.0813. The Hall–Kier alpha value is -2.14. The standard InChI is InChI=1S/C16H21F3N2O5S/c1-4-21(5-2)27(24,25)13-8-12(7-6-11(13)3)15(23)26-9-14(22)20-10-16(17,18)19/h6-8H,4-5,9-10H2,1-3H3,(H,20,22). The molecule has 0 aliphatic carbocycles. The molecule has 0 radical (unpaired) electrons. The zero-order valence-electron chi connectivity index (χ0n) is 15.1. The Morgan fingerprint density at radius 1 is 1.19 bits per heavy atom. The number of amides is 1. The third-order valence-electron chi connectivity index (χ3n) is 3.57. The third-order valence-corrected chi connectivity index (χ3v) is 5.76. The molecule has 1 aromatic rings. The van der Waals surface area contributed by atoms with Crippen LogP contribution in [0.25, 0.3) is 0 Å². The molecule has 0 unspecified atom stereocenters. The van der Waals surface area contributed by atoms with Crippen molar-refractivity contribution in [2.45, 2.75) is 31.8 Å². The summed E-state index contributed by atoms with van der Waals surface area (Å²) in [5, 5.41) is 1.56. The van der Waals surface area contributed by atoms with Crippen molar-refractivity contribution in [1.29, 1.82) is 0 Å². The van der Waals surface area contributed by atoms with Crippen LogP contribution in [0, 0.1) is 6.92 Å². The van der Waals surface area contributed by atoms with Gasteiger partial charge in [0, 0.05) is 13.1 Å². The average molecular weight is 410 g/mol.